The highest BCUT2D eigenvalue weighted by molar-refractivity contribution is 7.90. The highest BCUT2D eigenvalue weighted by Crippen LogP contribution is 2.33. The third-order valence-electron chi connectivity index (χ3n) is 4.79. The van der Waals surface area contributed by atoms with E-state index < -0.39 is 20.4 Å². The van der Waals surface area contributed by atoms with E-state index in [1.54, 1.807) is 6.07 Å². The number of sulfone groups is 1. The molecule has 1 saturated heterocycles. The zero-order valence-corrected chi connectivity index (χ0v) is 17.4. The fourth-order valence-electron chi connectivity index (χ4n) is 3.42. The van der Waals surface area contributed by atoms with E-state index in [9.17, 15) is 18.5 Å². The summed E-state index contributed by atoms with van der Waals surface area (Å²) in [6, 6.07) is 11.6. The molecule has 2 aromatic rings. The molecule has 156 valence electrons. The molecule has 0 saturated carbocycles. The molecule has 3 rings (SSSR count). The molecule has 2 aromatic carbocycles. The maximum Gasteiger partial charge on any atom is 0.310 e. The van der Waals surface area contributed by atoms with Gasteiger partial charge in [0.1, 0.15) is 10.6 Å². The first kappa shape index (κ1) is 21.5. The van der Waals surface area contributed by atoms with Crippen LogP contribution in [0.3, 0.4) is 0 Å². The van der Waals surface area contributed by atoms with E-state index in [0.717, 1.165) is 11.8 Å². The number of morpholine rings is 1. The average molecular weight is 440 g/mol. The lowest BCUT2D eigenvalue weighted by Crippen LogP contribution is -2.41. The monoisotopic (exact) mass is 439 g/mol. The van der Waals surface area contributed by atoms with Gasteiger partial charge in [0.25, 0.3) is 0 Å². The first-order chi connectivity index (χ1) is 13.8. The number of nitrogens with zero attached hydrogens (tertiary/aromatic N) is 2. The second-order valence-corrected chi connectivity index (χ2v) is 9.20. The SMILES string of the molecule is CS(=O)(=O)c1cccc(NCC(c2cccc(Cl)c2)N2CCOCC2)c1[N+](=O)[O-]. The Labute approximate surface area is 174 Å². The molecule has 0 radical (unpaired) electrons. The minimum atomic E-state index is -3.74. The highest BCUT2D eigenvalue weighted by atomic mass is 35.5. The standard InChI is InChI=1S/C19H22ClN3O5S/c1-29(26,27)18-7-3-6-16(19(18)23(24)25)21-13-17(22-8-10-28-11-9-22)14-4-2-5-15(20)12-14/h2-7,12,17,21H,8-11,13H2,1H3. The minimum Gasteiger partial charge on any atom is -0.379 e. The van der Waals surface area contributed by atoms with E-state index in [-0.39, 0.29) is 16.6 Å². The Morgan fingerprint density at radius 1 is 1.24 bits per heavy atom. The van der Waals surface area contributed by atoms with E-state index in [2.05, 4.69) is 10.2 Å². The quantitative estimate of drug-likeness (QED) is 0.522. The van der Waals surface area contributed by atoms with Gasteiger partial charge in [-0.3, -0.25) is 15.0 Å². The summed E-state index contributed by atoms with van der Waals surface area (Å²) in [7, 11) is -3.74. The number of para-hydroxylation sites is 1. The van der Waals surface area contributed by atoms with E-state index in [1.807, 2.05) is 18.2 Å². The third-order valence-corrected chi connectivity index (χ3v) is 6.15. The summed E-state index contributed by atoms with van der Waals surface area (Å²) in [6.07, 6.45) is 0.960. The van der Waals surface area contributed by atoms with Crippen molar-refractivity contribution in [1.29, 1.82) is 0 Å². The van der Waals surface area contributed by atoms with Gasteiger partial charge in [-0.05, 0) is 29.8 Å². The predicted octanol–water partition coefficient (Wildman–Crippen LogP) is 3.14. The first-order valence-electron chi connectivity index (χ1n) is 9.06. The van der Waals surface area contributed by atoms with Gasteiger partial charge in [-0.2, -0.15) is 0 Å². The molecule has 0 aliphatic carbocycles. The Bertz CT molecular complexity index is 993. The molecular formula is C19H22ClN3O5S. The van der Waals surface area contributed by atoms with Crippen molar-refractivity contribution in [2.24, 2.45) is 0 Å². The van der Waals surface area contributed by atoms with Crippen molar-refractivity contribution in [3.63, 3.8) is 0 Å². The summed E-state index contributed by atoms with van der Waals surface area (Å²) < 4.78 is 29.4. The van der Waals surface area contributed by atoms with Crippen LogP contribution in [0.15, 0.2) is 47.4 Å². The Kier molecular flexibility index (Phi) is 6.74. The number of nitrogens with one attached hydrogen (secondary N) is 1. The largest absolute Gasteiger partial charge is 0.379 e. The number of ether oxygens (including phenoxy) is 1. The van der Waals surface area contributed by atoms with Gasteiger partial charge < -0.3 is 10.1 Å². The Balaban J connectivity index is 1.93. The summed E-state index contributed by atoms with van der Waals surface area (Å²) in [4.78, 5) is 12.9. The van der Waals surface area contributed by atoms with Gasteiger partial charge >= 0.3 is 5.69 Å². The lowest BCUT2D eigenvalue weighted by molar-refractivity contribution is -0.386. The van der Waals surface area contributed by atoms with Crippen LogP contribution in [0.4, 0.5) is 11.4 Å². The Morgan fingerprint density at radius 3 is 2.55 bits per heavy atom. The molecule has 10 heteroatoms. The van der Waals surface area contributed by atoms with Gasteiger partial charge in [-0.15, -0.1) is 0 Å². The molecule has 1 unspecified atom stereocenters. The van der Waals surface area contributed by atoms with Crippen molar-refractivity contribution in [2.75, 3.05) is 44.4 Å². The minimum absolute atomic E-state index is 0.112. The fourth-order valence-corrected chi connectivity index (χ4v) is 4.48. The van der Waals surface area contributed by atoms with E-state index in [0.29, 0.717) is 37.9 Å². The Morgan fingerprint density at radius 2 is 1.93 bits per heavy atom. The lowest BCUT2D eigenvalue weighted by Gasteiger charge is -2.35. The van der Waals surface area contributed by atoms with Gasteiger partial charge in [0, 0.05) is 30.9 Å². The molecule has 0 spiro atoms. The van der Waals surface area contributed by atoms with Crippen LogP contribution in [0, 0.1) is 10.1 Å². The van der Waals surface area contributed by atoms with Crippen molar-refractivity contribution >= 4 is 32.8 Å². The Hall–Kier alpha value is -2.20. The maximum absolute atomic E-state index is 12.0. The van der Waals surface area contributed by atoms with E-state index in [1.165, 1.54) is 18.2 Å². The number of nitro groups is 1. The van der Waals surface area contributed by atoms with Gasteiger partial charge in [0.2, 0.25) is 0 Å². The summed E-state index contributed by atoms with van der Waals surface area (Å²) in [5.74, 6) is 0. The topological polar surface area (TPSA) is 102 Å². The molecular weight excluding hydrogens is 418 g/mol. The molecule has 29 heavy (non-hydrogen) atoms. The van der Waals surface area contributed by atoms with Crippen LogP contribution in [-0.4, -0.2) is 57.3 Å². The zero-order valence-electron chi connectivity index (χ0n) is 15.9. The molecule has 1 aliphatic rings. The number of rotatable bonds is 7. The fraction of sp³-hybridized carbons (Fsp3) is 0.368. The summed E-state index contributed by atoms with van der Waals surface area (Å²) in [5.41, 5.74) is 0.689. The van der Waals surface area contributed by atoms with Gasteiger partial charge in [-0.25, -0.2) is 8.42 Å². The lowest BCUT2D eigenvalue weighted by atomic mass is 10.0. The molecule has 8 nitrogen and oxygen atoms in total. The van der Waals surface area contributed by atoms with Crippen molar-refractivity contribution < 1.29 is 18.1 Å². The number of anilines is 1. The van der Waals surface area contributed by atoms with Crippen LogP contribution >= 0.6 is 11.6 Å². The summed E-state index contributed by atoms with van der Waals surface area (Å²) >= 11 is 6.16. The van der Waals surface area contributed by atoms with Crippen LogP contribution in [0.25, 0.3) is 0 Å². The van der Waals surface area contributed by atoms with Gasteiger partial charge in [-0.1, -0.05) is 29.8 Å². The van der Waals surface area contributed by atoms with Crippen LogP contribution in [-0.2, 0) is 14.6 Å². The molecule has 1 N–H and O–H groups in total. The van der Waals surface area contributed by atoms with Crippen LogP contribution < -0.4 is 5.32 Å². The van der Waals surface area contributed by atoms with Crippen molar-refractivity contribution in [2.45, 2.75) is 10.9 Å². The van der Waals surface area contributed by atoms with E-state index in [4.69, 9.17) is 16.3 Å². The number of halogens is 1. The number of hydrogen-bond acceptors (Lipinski definition) is 7. The zero-order chi connectivity index (χ0) is 21.0. The smallest absolute Gasteiger partial charge is 0.310 e. The second kappa shape index (κ2) is 9.08. The molecule has 0 bridgehead atoms. The first-order valence-corrected chi connectivity index (χ1v) is 11.3. The summed E-state index contributed by atoms with van der Waals surface area (Å²) in [5, 5.41) is 15.3. The van der Waals surface area contributed by atoms with Crippen molar-refractivity contribution in [3.8, 4) is 0 Å². The van der Waals surface area contributed by atoms with Gasteiger partial charge in [0.15, 0.2) is 9.84 Å². The predicted molar refractivity (Wildman–Crippen MR) is 111 cm³/mol. The normalized spacial score (nSPS) is 16.3. The van der Waals surface area contributed by atoms with Gasteiger partial charge in [0.05, 0.1) is 24.2 Å². The number of hydrogen-bond donors (Lipinski definition) is 1. The second-order valence-electron chi connectivity index (χ2n) is 6.78. The number of nitro benzene ring substituents is 1. The number of benzene rings is 2. The van der Waals surface area contributed by atoms with Crippen LogP contribution in [0.2, 0.25) is 5.02 Å². The molecule has 1 heterocycles. The molecule has 0 amide bonds. The molecule has 0 aromatic heterocycles. The molecule has 1 atom stereocenters. The third kappa shape index (κ3) is 5.24. The maximum atomic E-state index is 12.0. The molecule has 1 aliphatic heterocycles. The van der Waals surface area contributed by atoms with E-state index >= 15 is 0 Å². The van der Waals surface area contributed by atoms with Crippen molar-refractivity contribution in [3.05, 3.63) is 63.2 Å². The highest BCUT2D eigenvalue weighted by Gasteiger charge is 2.28. The van der Waals surface area contributed by atoms with Crippen LogP contribution in [0.1, 0.15) is 11.6 Å². The van der Waals surface area contributed by atoms with Crippen LogP contribution in [0.5, 0.6) is 0 Å². The average Bonchev–Trinajstić information content (AvgIpc) is 2.68. The molecule has 1 fully saturated rings. The summed E-state index contributed by atoms with van der Waals surface area (Å²) in [6.45, 7) is 2.96. The van der Waals surface area contributed by atoms with Crippen molar-refractivity contribution in [1.82, 2.24) is 4.90 Å².